The lowest BCUT2D eigenvalue weighted by Crippen LogP contribution is -2.09. The van der Waals surface area contributed by atoms with E-state index in [-0.39, 0.29) is 11.7 Å². The Kier molecular flexibility index (Phi) is 5.12. The lowest BCUT2D eigenvalue weighted by atomic mass is 10.1. The molecule has 1 aromatic carbocycles. The van der Waals surface area contributed by atoms with Crippen LogP contribution in [0, 0.1) is 12.7 Å². The molecule has 0 aliphatic heterocycles. The summed E-state index contributed by atoms with van der Waals surface area (Å²) in [6.07, 6.45) is 0.796. The highest BCUT2D eigenvalue weighted by atomic mass is 35.5. The van der Waals surface area contributed by atoms with Gasteiger partial charge < -0.3 is 5.32 Å². The molecule has 0 saturated heterocycles. The fourth-order valence-electron chi connectivity index (χ4n) is 2.05. The number of hydrogen-bond donors (Lipinski definition) is 1. The number of anilines is 1. The molecule has 0 atom stereocenters. The molecule has 112 valence electrons. The molecule has 0 unspecified atom stereocenters. The second kappa shape index (κ2) is 6.85. The Morgan fingerprint density at radius 3 is 2.67 bits per heavy atom. The van der Waals surface area contributed by atoms with E-state index in [4.69, 9.17) is 11.6 Å². The second-order valence-corrected chi connectivity index (χ2v) is 5.72. The Morgan fingerprint density at radius 1 is 1.24 bits per heavy atom. The molecule has 3 nitrogen and oxygen atoms in total. The van der Waals surface area contributed by atoms with E-state index in [1.54, 1.807) is 12.1 Å². The summed E-state index contributed by atoms with van der Waals surface area (Å²) in [4.78, 5) is 8.63. The van der Waals surface area contributed by atoms with Crippen molar-refractivity contribution in [1.29, 1.82) is 0 Å². The summed E-state index contributed by atoms with van der Waals surface area (Å²) in [5.74, 6) is 1.47. The average molecular weight is 308 g/mol. The normalized spacial score (nSPS) is 11.0. The van der Waals surface area contributed by atoms with Crippen molar-refractivity contribution in [3.63, 3.8) is 0 Å². The van der Waals surface area contributed by atoms with E-state index in [1.807, 2.05) is 26.8 Å². The topological polar surface area (TPSA) is 37.8 Å². The minimum Gasteiger partial charge on any atom is -0.370 e. The standard InChI is InChI=1S/C16H19ClFN3/c1-10(2)16-20-14(17)9-15(21-16)19-7-6-12-4-5-13(18)8-11(12)3/h4-5,8-10H,6-7H2,1-3H3,(H,19,20,21). The van der Waals surface area contributed by atoms with Crippen LogP contribution in [-0.4, -0.2) is 16.5 Å². The van der Waals surface area contributed by atoms with Gasteiger partial charge in [0.1, 0.15) is 22.6 Å². The van der Waals surface area contributed by atoms with Crippen molar-refractivity contribution >= 4 is 17.4 Å². The fraction of sp³-hybridized carbons (Fsp3) is 0.375. The van der Waals surface area contributed by atoms with Crippen molar-refractivity contribution in [3.05, 3.63) is 52.2 Å². The minimum absolute atomic E-state index is 0.201. The molecule has 0 bridgehead atoms. The molecule has 2 aromatic rings. The number of halogens is 2. The minimum atomic E-state index is -0.201. The highest BCUT2D eigenvalue weighted by Gasteiger charge is 2.07. The number of benzene rings is 1. The fourth-order valence-corrected chi connectivity index (χ4v) is 2.24. The first-order valence-electron chi connectivity index (χ1n) is 6.99. The molecule has 0 aliphatic carbocycles. The Hall–Kier alpha value is -1.68. The van der Waals surface area contributed by atoms with E-state index < -0.39 is 0 Å². The van der Waals surface area contributed by atoms with Crippen molar-refractivity contribution in [2.45, 2.75) is 33.1 Å². The smallest absolute Gasteiger partial charge is 0.135 e. The van der Waals surface area contributed by atoms with Crippen LogP contribution in [0.4, 0.5) is 10.2 Å². The SMILES string of the molecule is Cc1cc(F)ccc1CCNc1cc(Cl)nc(C(C)C)n1. The first-order valence-corrected chi connectivity index (χ1v) is 7.37. The van der Waals surface area contributed by atoms with Crippen LogP contribution in [0.15, 0.2) is 24.3 Å². The van der Waals surface area contributed by atoms with Gasteiger partial charge in [-0.05, 0) is 36.6 Å². The highest BCUT2D eigenvalue weighted by Crippen LogP contribution is 2.17. The maximum atomic E-state index is 13.1. The molecule has 0 spiro atoms. The number of rotatable bonds is 5. The van der Waals surface area contributed by atoms with Crippen LogP contribution in [0.25, 0.3) is 0 Å². The van der Waals surface area contributed by atoms with Crippen molar-refractivity contribution in [3.8, 4) is 0 Å². The van der Waals surface area contributed by atoms with E-state index in [1.165, 1.54) is 6.07 Å². The number of nitrogens with one attached hydrogen (secondary N) is 1. The van der Waals surface area contributed by atoms with Gasteiger partial charge in [-0.1, -0.05) is 31.5 Å². The van der Waals surface area contributed by atoms with E-state index in [0.717, 1.165) is 29.2 Å². The van der Waals surface area contributed by atoms with E-state index in [9.17, 15) is 4.39 Å². The van der Waals surface area contributed by atoms with E-state index >= 15 is 0 Å². The summed E-state index contributed by atoms with van der Waals surface area (Å²) in [7, 11) is 0. The third-order valence-corrected chi connectivity index (χ3v) is 3.43. The van der Waals surface area contributed by atoms with Gasteiger partial charge in [-0.2, -0.15) is 0 Å². The molecule has 21 heavy (non-hydrogen) atoms. The molecule has 0 fully saturated rings. The maximum absolute atomic E-state index is 13.1. The van der Waals surface area contributed by atoms with Gasteiger partial charge in [0.05, 0.1) is 0 Å². The first kappa shape index (κ1) is 15.7. The van der Waals surface area contributed by atoms with Crippen LogP contribution >= 0.6 is 11.6 Å². The molecule has 0 amide bonds. The van der Waals surface area contributed by atoms with Crippen molar-refractivity contribution in [1.82, 2.24) is 9.97 Å². The third kappa shape index (κ3) is 4.39. The van der Waals surface area contributed by atoms with E-state index in [0.29, 0.717) is 11.7 Å². The molecule has 5 heteroatoms. The monoisotopic (exact) mass is 307 g/mol. The van der Waals surface area contributed by atoms with Crippen LogP contribution < -0.4 is 5.32 Å². The van der Waals surface area contributed by atoms with Crippen LogP contribution in [0.1, 0.15) is 36.7 Å². The predicted octanol–water partition coefficient (Wildman–Crippen LogP) is 4.36. The van der Waals surface area contributed by atoms with Crippen molar-refractivity contribution in [2.75, 3.05) is 11.9 Å². The Labute approximate surface area is 129 Å². The number of aromatic nitrogens is 2. The van der Waals surface area contributed by atoms with Crippen molar-refractivity contribution < 1.29 is 4.39 Å². The Balaban J connectivity index is 2.00. The molecule has 1 aromatic heterocycles. The van der Waals surface area contributed by atoms with Gasteiger partial charge in [0.2, 0.25) is 0 Å². The molecule has 1 heterocycles. The summed E-state index contributed by atoms with van der Waals surface area (Å²) in [6, 6.07) is 6.57. The first-order chi connectivity index (χ1) is 9.95. The molecule has 0 saturated carbocycles. The van der Waals surface area contributed by atoms with Gasteiger partial charge in [-0.3, -0.25) is 0 Å². The molecular weight excluding hydrogens is 289 g/mol. The van der Waals surface area contributed by atoms with Crippen LogP contribution in [0.2, 0.25) is 5.15 Å². The zero-order valence-electron chi connectivity index (χ0n) is 12.5. The summed E-state index contributed by atoms with van der Waals surface area (Å²) >= 11 is 6.00. The van der Waals surface area contributed by atoms with Gasteiger partial charge in [0.15, 0.2) is 0 Å². The summed E-state index contributed by atoms with van der Waals surface area (Å²) in [6.45, 7) is 6.67. The predicted molar refractivity (Wildman–Crippen MR) is 84.5 cm³/mol. The second-order valence-electron chi connectivity index (χ2n) is 5.34. The molecule has 1 N–H and O–H groups in total. The lowest BCUT2D eigenvalue weighted by molar-refractivity contribution is 0.625. The molecular formula is C16H19ClFN3. The molecule has 2 rings (SSSR count). The summed E-state index contributed by atoms with van der Waals surface area (Å²) < 4.78 is 13.1. The third-order valence-electron chi connectivity index (χ3n) is 3.23. The highest BCUT2D eigenvalue weighted by molar-refractivity contribution is 6.29. The van der Waals surface area contributed by atoms with Crippen LogP contribution in [0.5, 0.6) is 0 Å². The molecule has 0 aliphatic rings. The zero-order valence-corrected chi connectivity index (χ0v) is 13.2. The van der Waals surface area contributed by atoms with Crippen molar-refractivity contribution in [2.24, 2.45) is 0 Å². The van der Waals surface area contributed by atoms with Gasteiger partial charge in [-0.15, -0.1) is 0 Å². The maximum Gasteiger partial charge on any atom is 0.135 e. The summed E-state index contributed by atoms with van der Waals surface area (Å²) in [5.41, 5.74) is 2.08. The number of aryl methyl sites for hydroxylation is 1. The zero-order chi connectivity index (χ0) is 15.4. The lowest BCUT2D eigenvalue weighted by Gasteiger charge is -2.10. The Bertz CT molecular complexity index is 629. The average Bonchev–Trinajstić information content (AvgIpc) is 2.40. The molecule has 0 radical (unpaired) electrons. The van der Waals surface area contributed by atoms with Gasteiger partial charge in [0, 0.05) is 18.5 Å². The van der Waals surface area contributed by atoms with Gasteiger partial charge in [0.25, 0.3) is 0 Å². The van der Waals surface area contributed by atoms with Crippen LogP contribution in [-0.2, 0) is 6.42 Å². The number of nitrogens with zero attached hydrogens (tertiary/aromatic N) is 2. The quantitative estimate of drug-likeness (QED) is 0.834. The van der Waals surface area contributed by atoms with E-state index in [2.05, 4.69) is 15.3 Å². The van der Waals surface area contributed by atoms with Crippen LogP contribution in [0.3, 0.4) is 0 Å². The largest absolute Gasteiger partial charge is 0.370 e. The Morgan fingerprint density at radius 2 is 2.00 bits per heavy atom. The van der Waals surface area contributed by atoms with Gasteiger partial charge >= 0.3 is 0 Å². The summed E-state index contributed by atoms with van der Waals surface area (Å²) in [5, 5.41) is 3.68. The van der Waals surface area contributed by atoms with Gasteiger partial charge in [-0.25, -0.2) is 14.4 Å². The number of hydrogen-bond acceptors (Lipinski definition) is 3.